The zero-order valence-electron chi connectivity index (χ0n) is 17.1. The Kier molecular flexibility index (Phi) is 5.44. The van der Waals surface area contributed by atoms with Gasteiger partial charge in [-0.25, -0.2) is 9.97 Å². The maximum Gasteiger partial charge on any atom is 0.276 e. The first-order chi connectivity index (χ1) is 15.3. The van der Waals surface area contributed by atoms with Gasteiger partial charge < -0.3 is 24.0 Å². The minimum absolute atomic E-state index is 0.129. The smallest absolute Gasteiger partial charge is 0.276 e. The average Bonchev–Trinajstić information content (AvgIpc) is 3.35. The number of anilines is 2. The van der Waals surface area contributed by atoms with Gasteiger partial charge in [0.15, 0.2) is 11.5 Å². The van der Waals surface area contributed by atoms with E-state index in [4.69, 9.17) is 9.26 Å². The van der Waals surface area contributed by atoms with Crippen molar-refractivity contribution in [3.8, 4) is 11.3 Å². The van der Waals surface area contributed by atoms with Gasteiger partial charge in [-0.1, -0.05) is 5.16 Å². The molecule has 31 heavy (non-hydrogen) atoms. The van der Waals surface area contributed by atoms with Crippen molar-refractivity contribution in [3.05, 3.63) is 48.7 Å². The van der Waals surface area contributed by atoms with E-state index < -0.39 is 0 Å². The number of nitrogens with zero attached hydrogens (tertiary/aromatic N) is 7. The van der Waals surface area contributed by atoms with E-state index >= 15 is 0 Å². The predicted octanol–water partition coefficient (Wildman–Crippen LogP) is 1.33. The molecule has 160 valence electrons. The van der Waals surface area contributed by atoms with Gasteiger partial charge in [0.1, 0.15) is 18.0 Å². The van der Waals surface area contributed by atoms with Crippen LogP contribution in [0.25, 0.3) is 11.3 Å². The molecule has 0 spiro atoms. The normalized spacial score (nSPS) is 17.1. The van der Waals surface area contributed by atoms with E-state index in [1.165, 1.54) is 0 Å². The van der Waals surface area contributed by atoms with Gasteiger partial charge in [-0.05, 0) is 12.1 Å². The third kappa shape index (κ3) is 4.19. The summed E-state index contributed by atoms with van der Waals surface area (Å²) >= 11 is 0. The Morgan fingerprint density at radius 1 is 0.935 bits per heavy atom. The van der Waals surface area contributed by atoms with Gasteiger partial charge in [-0.2, -0.15) is 0 Å². The van der Waals surface area contributed by atoms with Crippen molar-refractivity contribution in [1.82, 2.24) is 25.0 Å². The van der Waals surface area contributed by atoms with Gasteiger partial charge >= 0.3 is 0 Å². The average molecular weight is 421 g/mol. The second-order valence-corrected chi connectivity index (χ2v) is 7.43. The van der Waals surface area contributed by atoms with E-state index in [0.29, 0.717) is 50.8 Å². The quantitative estimate of drug-likeness (QED) is 0.617. The molecule has 1 amide bonds. The topological polar surface area (TPSA) is 101 Å². The zero-order valence-corrected chi connectivity index (χ0v) is 17.1. The van der Waals surface area contributed by atoms with Crippen LogP contribution < -0.4 is 9.80 Å². The third-order valence-electron chi connectivity index (χ3n) is 5.54. The highest BCUT2D eigenvalue weighted by atomic mass is 16.5. The van der Waals surface area contributed by atoms with Crippen LogP contribution in [0.1, 0.15) is 10.5 Å². The number of pyridine rings is 1. The molecule has 10 nitrogen and oxygen atoms in total. The summed E-state index contributed by atoms with van der Waals surface area (Å²) in [5, 5.41) is 3.96. The van der Waals surface area contributed by atoms with Crippen molar-refractivity contribution >= 4 is 17.5 Å². The number of carbonyl (C=O) groups is 1. The van der Waals surface area contributed by atoms with Crippen molar-refractivity contribution < 1.29 is 14.1 Å². The van der Waals surface area contributed by atoms with Crippen molar-refractivity contribution in [1.29, 1.82) is 0 Å². The van der Waals surface area contributed by atoms with Crippen LogP contribution in [0.4, 0.5) is 11.6 Å². The lowest BCUT2D eigenvalue weighted by Crippen LogP contribution is -2.49. The maximum atomic E-state index is 12.9. The number of rotatable bonds is 4. The van der Waals surface area contributed by atoms with Gasteiger partial charge in [-0.15, -0.1) is 0 Å². The molecule has 2 saturated heterocycles. The van der Waals surface area contributed by atoms with E-state index in [0.717, 1.165) is 30.3 Å². The molecule has 0 N–H and O–H groups in total. The lowest BCUT2D eigenvalue weighted by atomic mass is 10.2. The summed E-state index contributed by atoms with van der Waals surface area (Å²) in [5.41, 5.74) is 1.10. The molecule has 0 bridgehead atoms. The lowest BCUT2D eigenvalue weighted by Gasteiger charge is -2.35. The Balaban J connectivity index is 1.22. The molecule has 5 heterocycles. The largest absolute Gasteiger partial charge is 0.378 e. The van der Waals surface area contributed by atoms with Crippen LogP contribution in [-0.4, -0.2) is 83.4 Å². The number of carbonyl (C=O) groups excluding carboxylic acids is 1. The van der Waals surface area contributed by atoms with Crippen molar-refractivity contribution in [2.75, 3.05) is 62.3 Å². The second-order valence-electron chi connectivity index (χ2n) is 7.43. The number of aromatic nitrogens is 4. The van der Waals surface area contributed by atoms with Crippen molar-refractivity contribution in [3.63, 3.8) is 0 Å². The molecular weight excluding hydrogens is 398 g/mol. The van der Waals surface area contributed by atoms with Gasteiger partial charge in [0.05, 0.1) is 13.2 Å². The van der Waals surface area contributed by atoms with Gasteiger partial charge in [0, 0.05) is 69.4 Å². The van der Waals surface area contributed by atoms with Crippen LogP contribution in [0.15, 0.2) is 47.5 Å². The number of ether oxygens (including phenoxy) is 1. The maximum absolute atomic E-state index is 12.9. The lowest BCUT2D eigenvalue weighted by molar-refractivity contribution is 0.0736. The Hall–Kier alpha value is -3.53. The highest BCUT2D eigenvalue weighted by molar-refractivity contribution is 5.93. The molecular formula is C21H23N7O3. The Bertz CT molecular complexity index is 1030. The summed E-state index contributed by atoms with van der Waals surface area (Å²) in [5.74, 6) is 2.20. The van der Waals surface area contributed by atoms with E-state index in [9.17, 15) is 4.79 Å². The molecule has 0 unspecified atom stereocenters. The van der Waals surface area contributed by atoms with Crippen LogP contribution in [0.2, 0.25) is 0 Å². The Morgan fingerprint density at radius 3 is 2.39 bits per heavy atom. The van der Waals surface area contributed by atoms with Crippen LogP contribution in [0.3, 0.4) is 0 Å². The minimum Gasteiger partial charge on any atom is -0.378 e. The number of morpholine rings is 1. The first-order valence-corrected chi connectivity index (χ1v) is 10.3. The fraction of sp³-hybridized carbons (Fsp3) is 0.381. The molecule has 0 aliphatic carbocycles. The molecule has 0 atom stereocenters. The summed E-state index contributed by atoms with van der Waals surface area (Å²) in [6, 6.07) is 7.37. The molecule has 3 aromatic heterocycles. The monoisotopic (exact) mass is 421 g/mol. The first kappa shape index (κ1) is 19.4. The van der Waals surface area contributed by atoms with Crippen LogP contribution in [0.5, 0.6) is 0 Å². The van der Waals surface area contributed by atoms with Crippen molar-refractivity contribution in [2.45, 2.75) is 0 Å². The molecule has 0 aromatic carbocycles. The fourth-order valence-electron chi connectivity index (χ4n) is 3.80. The number of amides is 1. The molecule has 2 fully saturated rings. The van der Waals surface area contributed by atoms with Crippen LogP contribution in [0, 0.1) is 0 Å². The number of piperazine rings is 1. The summed E-state index contributed by atoms with van der Waals surface area (Å²) in [6.07, 6.45) is 4.97. The molecule has 2 aliphatic rings. The van der Waals surface area contributed by atoms with E-state index in [1.54, 1.807) is 29.7 Å². The third-order valence-corrected chi connectivity index (χ3v) is 5.54. The molecule has 2 aliphatic heterocycles. The predicted molar refractivity (Wildman–Crippen MR) is 113 cm³/mol. The zero-order chi connectivity index (χ0) is 21.0. The number of hydrogen-bond acceptors (Lipinski definition) is 9. The minimum atomic E-state index is -0.129. The standard InChI is InChI=1S/C21H23N7O3/c29-21(17-12-18(31-25-17)16-2-1-3-22-14-16)28-6-4-26(5-7-28)19-13-20(24-15-23-19)27-8-10-30-11-9-27/h1-3,12-15H,4-11H2. The highest BCUT2D eigenvalue weighted by Gasteiger charge is 2.26. The molecule has 3 aromatic rings. The van der Waals surface area contributed by atoms with Gasteiger partial charge in [-0.3, -0.25) is 9.78 Å². The van der Waals surface area contributed by atoms with E-state index in [1.807, 2.05) is 18.2 Å². The summed E-state index contributed by atoms with van der Waals surface area (Å²) in [7, 11) is 0. The first-order valence-electron chi connectivity index (χ1n) is 10.3. The Labute approximate surface area is 179 Å². The summed E-state index contributed by atoms with van der Waals surface area (Å²) in [4.78, 5) is 32.0. The van der Waals surface area contributed by atoms with Gasteiger partial charge in [0.25, 0.3) is 5.91 Å². The molecule has 0 saturated carbocycles. The van der Waals surface area contributed by atoms with Crippen LogP contribution in [-0.2, 0) is 4.74 Å². The van der Waals surface area contributed by atoms with Crippen LogP contribution >= 0.6 is 0 Å². The molecule has 10 heteroatoms. The van der Waals surface area contributed by atoms with E-state index in [-0.39, 0.29) is 5.91 Å². The Morgan fingerprint density at radius 2 is 1.68 bits per heavy atom. The summed E-state index contributed by atoms with van der Waals surface area (Å²) in [6.45, 7) is 5.65. The highest BCUT2D eigenvalue weighted by Crippen LogP contribution is 2.22. The van der Waals surface area contributed by atoms with Gasteiger partial charge in [0.2, 0.25) is 0 Å². The fourth-order valence-corrected chi connectivity index (χ4v) is 3.80. The molecule has 0 radical (unpaired) electrons. The SMILES string of the molecule is O=C(c1cc(-c2cccnc2)on1)N1CCN(c2cc(N3CCOCC3)ncn2)CC1. The molecule has 5 rings (SSSR count). The second kappa shape index (κ2) is 8.68. The number of hydrogen-bond donors (Lipinski definition) is 0. The summed E-state index contributed by atoms with van der Waals surface area (Å²) < 4.78 is 10.8. The van der Waals surface area contributed by atoms with Crippen molar-refractivity contribution in [2.24, 2.45) is 0 Å². The van der Waals surface area contributed by atoms with E-state index in [2.05, 4.69) is 29.9 Å².